The van der Waals surface area contributed by atoms with E-state index < -0.39 is 11.9 Å². The van der Waals surface area contributed by atoms with Gasteiger partial charge in [0.1, 0.15) is 6.10 Å². The van der Waals surface area contributed by atoms with Gasteiger partial charge in [-0.3, -0.25) is 4.79 Å². The molecule has 4 heteroatoms. The zero-order valence-corrected chi connectivity index (χ0v) is 9.98. The molecule has 0 aromatic heterocycles. The first-order valence-electron chi connectivity index (χ1n) is 5.68. The Morgan fingerprint density at radius 2 is 1.68 bits per heavy atom. The van der Waals surface area contributed by atoms with Gasteiger partial charge in [0.2, 0.25) is 6.08 Å². The average molecular weight is 253 g/mol. The lowest BCUT2D eigenvalue weighted by Crippen LogP contribution is -2.12. The van der Waals surface area contributed by atoms with Gasteiger partial charge in [0.05, 0.1) is 5.69 Å². The van der Waals surface area contributed by atoms with Gasteiger partial charge in [0.15, 0.2) is 5.78 Å². The molecule has 2 rings (SSSR count). The molecule has 4 nitrogen and oxygen atoms in total. The highest BCUT2D eigenvalue weighted by molar-refractivity contribution is 6.04. The Labute approximate surface area is 110 Å². The minimum atomic E-state index is -1.27. The van der Waals surface area contributed by atoms with Crippen molar-refractivity contribution in [1.29, 1.82) is 0 Å². The summed E-state index contributed by atoms with van der Waals surface area (Å²) in [6.07, 6.45) is 0.125. The normalized spacial score (nSPS) is 11.4. The zero-order valence-electron chi connectivity index (χ0n) is 9.98. The molecule has 2 aromatic carbocycles. The molecule has 0 radical (unpaired) electrons. The molecule has 19 heavy (non-hydrogen) atoms. The van der Waals surface area contributed by atoms with Gasteiger partial charge in [0, 0.05) is 5.56 Å². The number of nitrogens with zero attached hydrogens (tertiary/aromatic N) is 1. The van der Waals surface area contributed by atoms with E-state index in [0.717, 1.165) is 0 Å². The minimum Gasteiger partial charge on any atom is -0.380 e. The zero-order chi connectivity index (χ0) is 13.7. The first-order chi connectivity index (χ1) is 9.24. The summed E-state index contributed by atoms with van der Waals surface area (Å²) in [6, 6.07) is 14.9. The summed E-state index contributed by atoms with van der Waals surface area (Å²) in [6.45, 7) is 0. The highest BCUT2D eigenvalue weighted by Crippen LogP contribution is 2.24. The number of Topliss-reactive ketones (excluding diaryl/α,β-unsaturated/α-hetero) is 1. The maximum atomic E-state index is 12.2. The molecule has 1 N–H and O–H groups in total. The number of carbonyl (C=O) groups is 1. The van der Waals surface area contributed by atoms with Crippen LogP contribution >= 0.6 is 0 Å². The molecule has 0 saturated heterocycles. The van der Waals surface area contributed by atoms with Crippen LogP contribution in [0.3, 0.4) is 0 Å². The van der Waals surface area contributed by atoms with Gasteiger partial charge < -0.3 is 5.11 Å². The van der Waals surface area contributed by atoms with Crippen molar-refractivity contribution < 1.29 is 14.7 Å². The van der Waals surface area contributed by atoms with Gasteiger partial charge in [-0.25, -0.2) is 4.79 Å². The molecule has 94 valence electrons. The third-order valence-corrected chi connectivity index (χ3v) is 2.70. The second kappa shape index (κ2) is 5.87. The first-order valence-corrected chi connectivity index (χ1v) is 5.68. The SMILES string of the molecule is O=C=Nc1ccccc1C(=O)C(O)c1ccccc1. The van der Waals surface area contributed by atoms with E-state index in [1.807, 2.05) is 0 Å². The molecule has 1 unspecified atom stereocenters. The number of isocyanates is 1. The van der Waals surface area contributed by atoms with Crippen molar-refractivity contribution >= 4 is 17.6 Å². The van der Waals surface area contributed by atoms with Gasteiger partial charge in [-0.2, -0.15) is 4.99 Å². The van der Waals surface area contributed by atoms with Crippen LogP contribution in [0.1, 0.15) is 22.0 Å². The number of aliphatic hydroxyl groups is 1. The Balaban J connectivity index is 2.37. The van der Waals surface area contributed by atoms with Crippen LogP contribution in [0.25, 0.3) is 0 Å². The molecule has 0 bridgehead atoms. The third kappa shape index (κ3) is 2.83. The van der Waals surface area contributed by atoms with Gasteiger partial charge in [0.25, 0.3) is 0 Å². The number of rotatable bonds is 4. The summed E-state index contributed by atoms with van der Waals surface area (Å²) < 4.78 is 0. The predicted octanol–water partition coefficient (Wildman–Crippen LogP) is 2.57. The Kier molecular flexibility index (Phi) is 3.98. The van der Waals surface area contributed by atoms with E-state index >= 15 is 0 Å². The molecule has 0 spiro atoms. The summed E-state index contributed by atoms with van der Waals surface area (Å²) in [5.74, 6) is -0.499. The third-order valence-electron chi connectivity index (χ3n) is 2.70. The molecule has 0 aliphatic heterocycles. The number of hydrogen-bond donors (Lipinski definition) is 1. The Hall–Kier alpha value is -2.55. The largest absolute Gasteiger partial charge is 0.380 e. The lowest BCUT2D eigenvalue weighted by Gasteiger charge is -2.10. The monoisotopic (exact) mass is 253 g/mol. The number of para-hydroxylation sites is 1. The van der Waals surface area contributed by atoms with Crippen LogP contribution in [0.15, 0.2) is 59.6 Å². The Morgan fingerprint density at radius 1 is 1.05 bits per heavy atom. The summed E-state index contributed by atoms with van der Waals surface area (Å²) in [5, 5.41) is 10.0. The van der Waals surface area contributed by atoms with E-state index in [1.165, 1.54) is 18.2 Å². The molecular weight excluding hydrogens is 242 g/mol. The molecule has 0 aliphatic carbocycles. The summed E-state index contributed by atoms with van der Waals surface area (Å²) in [4.78, 5) is 26.0. The van der Waals surface area contributed by atoms with Crippen LogP contribution in [0.2, 0.25) is 0 Å². The molecule has 1 atom stereocenters. The standard InChI is InChI=1S/C15H11NO3/c17-10-16-13-9-5-4-8-12(13)15(19)14(18)11-6-2-1-3-7-11/h1-9,14,18H. The van der Waals surface area contributed by atoms with E-state index in [2.05, 4.69) is 4.99 Å². The van der Waals surface area contributed by atoms with Crippen LogP contribution in [-0.4, -0.2) is 17.0 Å². The number of aliphatic imine (C=N–C) groups is 1. The number of ketones is 1. The van der Waals surface area contributed by atoms with Crippen molar-refractivity contribution in [3.63, 3.8) is 0 Å². The van der Waals surface area contributed by atoms with Crippen LogP contribution in [-0.2, 0) is 4.79 Å². The van der Waals surface area contributed by atoms with E-state index in [4.69, 9.17) is 0 Å². The van der Waals surface area contributed by atoms with Crippen molar-refractivity contribution in [3.05, 3.63) is 65.7 Å². The number of aliphatic hydroxyl groups excluding tert-OH is 1. The molecule has 0 heterocycles. The molecular formula is C15H11NO3. The van der Waals surface area contributed by atoms with Crippen molar-refractivity contribution in [1.82, 2.24) is 0 Å². The first kappa shape index (κ1) is 12.9. The maximum Gasteiger partial charge on any atom is 0.240 e. The summed E-state index contributed by atoms with van der Waals surface area (Å²) >= 11 is 0. The molecule has 0 aliphatic rings. The van der Waals surface area contributed by atoms with Crippen LogP contribution in [0.4, 0.5) is 5.69 Å². The Morgan fingerprint density at radius 3 is 2.37 bits per heavy atom. The topological polar surface area (TPSA) is 66.7 Å². The van der Waals surface area contributed by atoms with E-state index in [0.29, 0.717) is 5.56 Å². The van der Waals surface area contributed by atoms with Crippen LogP contribution in [0.5, 0.6) is 0 Å². The highest BCUT2D eigenvalue weighted by atomic mass is 16.3. The van der Waals surface area contributed by atoms with Crippen molar-refractivity contribution in [2.45, 2.75) is 6.10 Å². The van der Waals surface area contributed by atoms with Gasteiger partial charge in [-0.15, -0.1) is 0 Å². The van der Waals surface area contributed by atoms with Crippen molar-refractivity contribution in [2.75, 3.05) is 0 Å². The van der Waals surface area contributed by atoms with Gasteiger partial charge >= 0.3 is 0 Å². The maximum absolute atomic E-state index is 12.2. The number of carbonyl (C=O) groups excluding carboxylic acids is 2. The van der Waals surface area contributed by atoms with E-state index in [9.17, 15) is 14.7 Å². The minimum absolute atomic E-state index is 0.196. The van der Waals surface area contributed by atoms with Crippen molar-refractivity contribution in [3.8, 4) is 0 Å². The quantitative estimate of drug-likeness (QED) is 0.517. The summed E-state index contributed by atoms with van der Waals surface area (Å²) in [7, 11) is 0. The fourth-order valence-corrected chi connectivity index (χ4v) is 1.76. The average Bonchev–Trinajstić information content (AvgIpc) is 2.47. The fraction of sp³-hybridized carbons (Fsp3) is 0.0667. The molecule has 0 amide bonds. The molecule has 0 saturated carbocycles. The van der Waals surface area contributed by atoms with E-state index in [1.54, 1.807) is 42.5 Å². The van der Waals surface area contributed by atoms with Crippen molar-refractivity contribution in [2.24, 2.45) is 4.99 Å². The molecule has 2 aromatic rings. The predicted molar refractivity (Wildman–Crippen MR) is 70.0 cm³/mol. The number of hydrogen-bond acceptors (Lipinski definition) is 4. The second-order valence-corrected chi connectivity index (χ2v) is 3.90. The van der Waals surface area contributed by atoms with Crippen LogP contribution < -0.4 is 0 Å². The summed E-state index contributed by atoms with van der Waals surface area (Å²) in [5.41, 5.74) is 0.900. The van der Waals surface area contributed by atoms with Crippen LogP contribution in [0, 0.1) is 0 Å². The Bertz CT molecular complexity index is 631. The second-order valence-electron chi connectivity index (χ2n) is 3.90. The van der Waals surface area contributed by atoms with Gasteiger partial charge in [-0.05, 0) is 17.7 Å². The number of benzene rings is 2. The lowest BCUT2D eigenvalue weighted by atomic mass is 9.99. The highest BCUT2D eigenvalue weighted by Gasteiger charge is 2.21. The lowest BCUT2D eigenvalue weighted by molar-refractivity contribution is 0.0748. The van der Waals surface area contributed by atoms with E-state index in [-0.39, 0.29) is 11.3 Å². The fourth-order valence-electron chi connectivity index (χ4n) is 1.76. The van der Waals surface area contributed by atoms with Gasteiger partial charge in [-0.1, -0.05) is 42.5 Å². The molecule has 0 fully saturated rings. The smallest absolute Gasteiger partial charge is 0.240 e.